The summed E-state index contributed by atoms with van der Waals surface area (Å²) in [5.41, 5.74) is 0.586. The highest BCUT2D eigenvalue weighted by Gasteiger charge is 2.38. The summed E-state index contributed by atoms with van der Waals surface area (Å²) in [5, 5.41) is 0. The van der Waals surface area contributed by atoms with E-state index in [4.69, 9.17) is 14.2 Å². The Labute approximate surface area is 136 Å². The van der Waals surface area contributed by atoms with Gasteiger partial charge >= 0.3 is 11.9 Å². The van der Waals surface area contributed by atoms with Gasteiger partial charge in [-0.1, -0.05) is 26.0 Å². The molecule has 0 amide bonds. The summed E-state index contributed by atoms with van der Waals surface area (Å²) in [6.07, 6.45) is 2.44. The van der Waals surface area contributed by atoms with Crippen LogP contribution in [0.2, 0.25) is 0 Å². The Morgan fingerprint density at radius 2 is 1.65 bits per heavy atom. The normalized spacial score (nSPS) is 16.8. The van der Waals surface area contributed by atoms with E-state index in [1.54, 1.807) is 24.3 Å². The molecule has 0 spiro atoms. The summed E-state index contributed by atoms with van der Waals surface area (Å²) in [5.74, 6) is -1.24. The van der Waals surface area contributed by atoms with Crippen molar-refractivity contribution in [2.24, 2.45) is 5.92 Å². The van der Waals surface area contributed by atoms with Gasteiger partial charge in [0.2, 0.25) is 0 Å². The van der Waals surface area contributed by atoms with Crippen LogP contribution in [0.5, 0.6) is 5.75 Å². The van der Waals surface area contributed by atoms with Crippen LogP contribution >= 0.6 is 0 Å². The predicted molar refractivity (Wildman–Crippen MR) is 85.6 cm³/mol. The van der Waals surface area contributed by atoms with Crippen LogP contribution in [0.1, 0.15) is 39.7 Å². The van der Waals surface area contributed by atoms with Crippen LogP contribution in [0.25, 0.3) is 6.08 Å². The zero-order valence-corrected chi connectivity index (χ0v) is 13.9. The second kappa shape index (κ2) is 6.86. The van der Waals surface area contributed by atoms with Crippen molar-refractivity contribution in [3.63, 3.8) is 0 Å². The Hall–Kier alpha value is -2.30. The number of rotatable bonds is 5. The van der Waals surface area contributed by atoms with Crippen molar-refractivity contribution >= 4 is 18.0 Å². The third kappa shape index (κ3) is 4.84. The molecule has 0 aromatic heterocycles. The lowest BCUT2D eigenvalue weighted by atomic mass is 10.1. The van der Waals surface area contributed by atoms with Crippen LogP contribution in [0.15, 0.2) is 29.8 Å². The van der Waals surface area contributed by atoms with E-state index in [9.17, 15) is 9.59 Å². The summed E-state index contributed by atoms with van der Waals surface area (Å²) in [7, 11) is 0. The van der Waals surface area contributed by atoms with Gasteiger partial charge in [0, 0.05) is 13.8 Å². The zero-order chi connectivity index (χ0) is 17.0. The molecule has 5 heteroatoms. The summed E-state index contributed by atoms with van der Waals surface area (Å²) >= 11 is 0. The summed E-state index contributed by atoms with van der Waals surface area (Å²) in [6, 6.07) is 7.16. The Morgan fingerprint density at radius 1 is 1.09 bits per heavy atom. The number of ether oxygens (including phenoxy) is 3. The van der Waals surface area contributed by atoms with Gasteiger partial charge in [0.05, 0.1) is 6.61 Å². The van der Waals surface area contributed by atoms with Gasteiger partial charge < -0.3 is 14.2 Å². The molecule has 0 saturated carbocycles. The summed E-state index contributed by atoms with van der Waals surface area (Å²) in [4.78, 5) is 23.8. The molecule has 1 aliphatic rings. The predicted octanol–water partition coefficient (Wildman–Crippen LogP) is 3.33. The third-order valence-electron chi connectivity index (χ3n) is 3.27. The third-order valence-corrected chi connectivity index (χ3v) is 3.27. The number of carbonyl (C=O) groups excluding carboxylic acids is 2. The molecule has 0 bridgehead atoms. The Balaban J connectivity index is 2.05. The molecule has 1 heterocycles. The van der Waals surface area contributed by atoms with Crippen LogP contribution in [0.3, 0.4) is 0 Å². The van der Waals surface area contributed by atoms with Crippen molar-refractivity contribution in [1.29, 1.82) is 0 Å². The van der Waals surface area contributed by atoms with Crippen LogP contribution in [-0.4, -0.2) is 24.3 Å². The maximum absolute atomic E-state index is 11.9. The van der Waals surface area contributed by atoms with Crippen molar-refractivity contribution < 1.29 is 23.8 Å². The minimum atomic E-state index is -1.22. The molecule has 0 unspecified atom stereocenters. The largest absolute Gasteiger partial charge is 0.494 e. The van der Waals surface area contributed by atoms with Crippen molar-refractivity contribution in [1.82, 2.24) is 0 Å². The second-order valence-electron chi connectivity index (χ2n) is 6.34. The molecule has 0 radical (unpaired) electrons. The van der Waals surface area contributed by atoms with E-state index in [1.165, 1.54) is 19.9 Å². The standard InChI is InChI=1S/C18H22O5/c1-12(2)9-10-21-14-7-5-13(6-8-14)11-15-16(19)22-18(3,4)23-17(15)20/h5-8,11-12H,9-10H2,1-4H3. The Kier molecular flexibility index (Phi) is 5.08. The highest BCUT2D eigenvalue weighted by molar-refractivity contribution is 6.18. The fraction of sp³-hybridized carbons (Fsp3) is 0.444. The lowest BCUT2D eigenvalue weighted by Gasteiger charge is -2.29. The molecule has 1 fully saturated rings. The number of hydrogen-bond donors (Lipinski definition) is 0. The van der Waals surface area contributed by atoms with Crippen LogP contribution in [0.4, 0.5) is 0 Å². The molecule has 5 nitrogen and oxygen atoms in total. The van der Waals surface area contributed by atoms with E-state index in [0.717, 1.165) is 12.2 Å². The quantitative estimate of drug-likeness (QED) is 0.473. The molecule has 1 saturated heterocycles. The van der Waals surface area contributed by atoms with Crippen LogP contribution in [0, 0.1) is 5.92 Å². The molecule has 1 aromatic carbocycles. The molecular weight excluding hydrogens is 296 g/mol. The summed E-state index contributed by atoms with van der Waals surface area (Å²) < 4.78 is 15.7. The van der Waals surface area contributed by atoms with E-state index in [1.807, 2.05) is 0 Å². The van der Waals surface area contributed by atoms with Gasteiger partial charge in [-0.05, 0) is 36.1 Å². The summed E-state index contributed by atoms with van der Waals surface area (Å²) in [6.45, 7) is 7.97. The van der Waals surface area contributed by atoms with E-state index in [-0.39, 0.29) is 5.57 Å². The van der Waals surface area contributed by atoms with Crippen molar-refractivity contribution in [2.75, 3.05) is 6.61 Å². The van der Waals surface area contributed by atoms with E-state index < -0.39 is 17.7 Å². The molecule has 124 valence electrons. The molecule has 0 aliphatic carbocycles. The van der Waals surface area contributed by atoms with Gasteiger partial charge in [-0.3, -0.25) is 0 Å². The van der Waals surface area contributed by atoms with Gasteiger partial charge in [-0.15, -0.1) is 0 Å². The molecule has 0 atom stereocenters. The number of esters is 2. The average molecular weight is 318 g/mol. The highest BCUT2D eigenvalue weighted by atomic mass is 16.7. The monoisotopic (exact) mass is 318 g/mol. The van der Waals surface area contributed by atoms with Crippen LogP contribution in [-0.2, 0) is 19.1 Å². The minimum absolute atomic E-state index is 0.113. The number of benzene rings is 1. The maximum Gasteiger partial charge on any atom is 0.348 e. The van der Waals surface area contributed by atoms with Gasteiger partial charge in [-0.25, -0.2) is 9.59 Å². The Morgan fingerprint density at radius 3 is 2.17 bits per heavy atom. The minimum Gasteiger partial charge on any atom is -0.494 e. The zero-order valence-electron chi connectivity index (χ0n) is 13.9. The average Bonchev–Trinajstić information content (AvgIpc) is 2.43. The Bertz CT molecular complexity index is 589. The first-order valence-corrected chi connectivity index (χ1v) is 7.68. The SMILES string of the molecule is CC(C)CCOc1ccc(C=C2C(=O)OC(C)(C)OC2=O)cc1. The number of cyclic esters (lactones) is 2. The molecular formula is C18H22O5. The van der Waals surface area contributed by atoms with Crippen molar-refractivity contribution in [3.8, 4) is 5.75 Å². The van der Waals surface area contributed by atoms with Crippen molar-refractivity contribution in [2.45, 2.75) is 39.9 Å². The number of hydrogen-bond acceptors (Lipinski definition) is 5. The maximum atomic E-state index is 11.9. The van der Waals surface area contributed by atoms with E-state index in [2.05, 4.69) is 13.8 Å². The lowest BCUT2D eigenvalue weighted by Crippen LogP contribution is -2.41. The van der Waals surface area contributed by atoms with Crippen molar-refractivity contribution in [3.05, 3.63) is 35.4 Å². The first-order valence-electron chi connectivity index (χ1n) is 7.68. The van der Waals surface area contributed by atoms with Gasteiger partial charge in [0.15, 0.2) is 0 Å². The molecule has 1 aromatic rings. The van der Waals surface area contributed by atoms with E-state index in [0.29, 0.717) is 18.1 Å². The molecule has 23 heavy (non-hydrogen) atoms. The van der Waals surface area contributed by atoms with Gasteiger partial charge in [-0.2, -0.15) is 0 Å². The first kappa shape index (κ1) is 17.1. The second-order valence-corrected chi connectivity index (χ2v) is 6.34. The fourth-order valence-electron chi connectivity index (χ4n) is 2.02. The smallest absolute Gasteiger partial charge is 0.348 e. The molecule has 0 N–H and O–H groups in total. The first-order chi connectivity index (χ1) is 10.8. The van der Waals surface area contributed by atoms with Crippen LogP contribution < -0.4 is 4.74 Å². The highest BCUT2D eigenvalue weighted by Crippen LogP contribution is 2.24. The molecule has 2 rings (SSSR count). The van der Waals surface area contributed by atoms with E-state index >= 15 is 0 Å². The fourth-order valence-corrected chi connectivity index (χ4v) is 2.02. The van der Waals surface area contributed by atoms with Gasteiger partial charge in [0.25, 0.3) is 5.79 Å². The molecule has 1 aliphatic heterocycles. The lowest BCUT2D eigenvalue weighted by molar-refractivity contribution is -0.222. The van der Waals surface area contributed by atoms with Gasteiger partial charge in [0.1, 0.15) is 11.3 Å². The number of carbonyl (C=O) groups is 2. The topological polar surface area (TPSA) is 61.8 Å².